The first-order valence-electron chi connectivity index (χ1n) is 6.64. The molecule has 0 aromatic rings. The summed E-state index contributed by atoms with van der Waals surface area (Å²) in [5.41, 5.74) is 0. The molecule has 8 heteroatoms. The molecule has 0 heterocycles. The van der Waals surface area contributed by atoms with E-state index in [2.05, 4.69) is 10.6 Å². The fourth-order valence-corrected chi connectivity index (χ4v) is 3.09. The summed E-state index contributed by atoms with van der Waals surface area (Å²) in [5.74, 6) is -0.462. The van der Waals surface area contributed by atoms with Gasteiger partial charge in [0.15, 0.2) is 8.38 Å². The molecule has 0 saturated carbocycles. The van der Waals surface area contributed by atoms with Crippen LogP contribution in [-0.4, -0.2) is 57.0 Å². The van der Waals surface area contributed by atoms with Gasteiger partial charge >= 0.3 is 0 Å². The zero-order valence-electron chi connectivity index (χ0n) is 13.3. The van der Waals surface area contributed by atoms with Gasteiger partial charge in [0.1, 0.15) is 12.1 Å². The molecule has 2 N–H and O–H groups in total. The van der Waals surface area contributed by atoms with E-state index < -0.39 is 19.6 Å². The minimum absolute atomic E-state index is 0.0760. The summed E-state index contributed by atoms with van der Waals surface area (Å²) in [5, 5.41) is 4.52. The van der Waals surface area contributed by atoms with E-state index in [1.165, 1.54) is 14.2 Å². The number of hydrogen-bond donors (Lipinski definition) is 2. The van der Waals surface area contributed by atoms with E-state index in [0.29, 0.717) is 12.8 Å². The van der Waals surface area contributed by atoms with Crippen molar-refractivity contribution in [2.75, 3.05) is 27.8 Å². The summed E-state index contributed by atoms with van der Waals surface area (Å²) < 4.78 is 10.3. The van der Waals surface area contributed by atoms with E-state index in [0.717, 1.165) is 0 Å². The average Bonchev–Trinajstić information content (AvgIpc) is 2.45. The quantitative estimate of drug-likeness (QED) is 0.428. The first-order chi connectivity index (χ1) is 9.83. The van der Waals surface area contributed by atoms with Gasteiger partial charge in [-0.05, 0) is 20.9 Å². The van der Waals surface area contributed by atoms with E-state index in [-0.39, 0.29) is 24.5 Å². The zero-order valence-corrected chi connectivity index (χ0v) is 14.2. The van der Waals surface area contributed by atoms with Crippen LogP contribution in [0.2, 0.25) is 0 Å². The van der Waals surface area contributed by atoms with Gasteiger partial charge in [-0.15, -0.1) is 0 Å². The number of nitrogens with one attached hydrogen (secondary N) is 2. The van der Waals surface area contributed by atoms with Gasteiger partial charge in [0, 0.05) is 33.6 Å². The SMILES string of the molecule is CNCCC(=O)NC(C=O)CC(=O)C(C)(C)P(OC)OC. The summed E-state index contributed by atoms with van der Waals surface area (Å²) in [4.78, 5) is 35.0. The maximum Gasteiger partial charge on any atom is 0.221 e. The number of aldehydes is 1. The third kappa shape index (κ3) is 6.61. The van der Waals surface area contributed by atoms with Crippen molar-refractivity contribution in [2.24, 2.45) is 0 Å². The fourth-order valence-electron chi connectivity index (χ4n) is 1.73. The summed E-state index contributed by atoms with van der Waals surface area (Å²) in [6.07, 6.45) is 0.752. The maximum atomic E-state index is 12.3. The van der Waals surface area contributed by atoms with Gasteiger partial charge < -0.3 is 24.5 Å². The van der Waals surface area contributed by atoms with E-state index in [1.807, 2.05) is 0 Å². The van der Waals surface area contributed by atoms with Crippen LogP contribution in [0.5, 0.6) is 0 Å². The number of carbonyl (C=O) groups is 3. The largest absolute Gasteiger partial charge is 0.346 e. The first-order valence-corrected chi connectivity index (χ1v) is 7.82. The van der Waals surface area contributed by atoms with Crippen molar-refractivity contribution in [2.45, 2.75) is 37.9 Å². The van der Waals surface area contributed by atoms with Gasteiger partial charge in [-0.1, -0.05) is 0 Å². The van der Waals surface area contributed by atoms with Crippen LogP contribution in [0.25, 0.3) is 0 Å². The Labute approximate surface area is 127 Å². The third-order valence-electron chi connectivity index (χ3n) is 2.99. The molecule has 1 amide bonds. The molecular weight excluding hydrogens is 295 g/mol. The lowest BCUT2D eigenvalue weighted by molar-refractivity contribution is -0.126. The average molecular weight is 320 g/mol. The Kier molecular flexibility index (Phi) is 9.53. The summed E-state index contributed by atoms with van der Waals surface area (Å²) in [7, 11) is 3.28. The topological polar surface area (TPSA) is 93.7 Å². The number of rotatable bonds is 11. The third-order valence-corrected chi connectivity index (χ3v) is 4.81. The Hall–Kier alpha value is -0.880. The molecule has 0 aromatic heterocycles. The van der Waals surface area contributed by atoms with Gasteiger partial charge in [-0.3, -0.25) is 9.59 Å². The molecule has 0 aliphatic carbocycles. The van der Waals surface area contributed by atoms with Gasteiger partial charge in [0.2, 0.25) is 5.91 Å². The number of carbonyl (C=O) groups excluding carboxylic acids is 3. The lowest BCUT2D eigenvalue weighted by Crippen LogP contribution is -2.42. The van der Waals surface area contributed by atoms with Crippen LogP contribution in [0.4, 0.5) is 0 Å². The molecule has 0 aliphatic rings. The van der Waals surface area contributed by atoms with E-state index in [4.69, 9.17) is 9.05 Å². The molecule has 0 spiro atoms. The summed E-state index contributed by atoms with van der Waals surface area (Å²) in [6, 6.07) is -0.827. The maximum absolute atomic E-state index is 12.3. The lowest BCUT2D eigenvalue weighted by atomic mass is 10.0. The second-order valence-electron chi connectivity index (χ2n) is 4.97. The van der Waals surface area contributed by atoms with Gasteiger partial charge in [-0.25, -0.2) is 0 Å². The van der Waals surface area contributed by atoms with Crippen LogP contribution in [0, 0.1) is 0 Å². The Morgan fingerprint density at radius 2 is 1.86 bits per heavy atom. The van der Waals surface area contributed by atoms with Crippen molar-refractivity contribution in [1.82, 2.24) is 10.6 Å². The molecule has 0 aromatic carbocycles. The normalized spacial score (nSPS) is 13.0. The monoisotopic (exact) mass is 320 g/mol. The number of ketones is 1. The van der Waals surface area contributed by atoms with Crippen molar-refractivity contribution in [3.63, 3.8) is 0 Å². The lowest BCUT2D eigenvalue weighted by Gasteiger charge is -2.30. The molecule has 0 aliphatic heterocycles. The minimum atomic E-state index is -1.39. The highest BCUT2D eigenvalue weighted by Crippen LogP contribution is 2.51. The first kappa shape index (κ1) is 20.1. The highest BCUT2D eigenvalue weighted by Gasteiger charge is 2.39. The van der Waals surface area contributed by atoms with Crippen molar-refractivity contribution >= 4 is 26.4 Å². The van der Waals surface area contributed by atoms with Crippen LogP contribution in [0.1, 0.15) is 26.7 Å². The fraction of sp³-hybridized carbons (Fsp3) is 0.769. The van der Waals surface area contributed by atoms with Crippen LogP contribution >= 0.6 is 8.38 Å². The summed E-state index contributed by atoms with van der Waals surface area (Å²) in [6.45, 7) is 3.92. The number of hydrogen-bond acceptors (Lipinski definition) is 6. The molecule has 0 saturated heterocycles. The van der Waals surface area contributed by atoms with Gasteiger partial charge in [0.05, 0.1) is 11.2 Å². The van der Waals surface area contributed by atoms with Crippen LogP contribution in [0.15, 0.2) is 0 Å². The smallest absolute Gasteiger partial charge is 0.221 e. The van der Waals surface area contributed by atoms with Gasteiger partial charge in [0.25, 0.3) is 0 Å². The number of Topliss-reactive ketones (excluding diaryl/α,β-unsaturated/α-hetero) is 1. The highest BCUT2D eigenvalue weighted by atomic mass is 31.2. The number of amides is 1. The predicted octanol–water partition coefficient (Wildman–Crippen LogP) is 0.622. The molecule has 7 nitrogen and oxygen atoms in total. The molecule has 0 rings (SSSR count). The Bertz CT molecular complexity index is 358. The van der Waals surface area contributed by atoms with Crippen LogP contribution in [-0.2, 0) is 23.4 Å². The Morgan fingerprint density at radius 3 is 2.29 bits per heavy atom. The van der Waals surface area contributed by atoms with Crippen molar-refractivity contribution in [3.8, 4) is 0 Å². The predicted molar refractivity (Wildman–Crippen MR) is 81.2 cm³/mol. The molecule has 21 heavy (non-hydrogen) atoms. The second kappa shape index (κ2) is 9.95. The Morgan fingerprint density at radius 1 is 1.29 bits per heavy atom. The molecule has 0 fully saturated rings. The van der Waals surface area contributed by atoms with Crippen molar-refractivity contribution in [3.05, 3.63) is 0 Å². The molecule has 0 radical (unpaired) electrons. The van der Waals surface area contributed by atoms with E-state index in [1.54, 1.807) is 20.9 Å². The van der Waals surface area contributed by atoms with E-state index in [9.17, 15) is 14.4 Å². The molecule has 1 atom stereocenters. The standard InChI is InChI=1S/C13H25N2O5P/c1-13(2,21(19-4)20-5)11(17)8-10(9-16)15-12(18)6-7-14-3/h9-10,14H,6-8H2,1-5H3,(H,15,18). The van der Waals surface area contributed by atoms with Crippen LogP contribution < -0.4 is 10.6 Å². The minimum Gasteiger partial charge on any atom is -0.346 e. The molecule has 1 unspecified atom stereocenters. The zero-order chi connectivity index (χ0) is 16.5. The van der Waals surface area contributed by atoms with E-state index >= 15 is 0 Å². The van der Waals surface area contributed by atoms with Crippen LogP contribution in [0.3, 0.4) is 0 Å². The van der Waals surface area contributed by atoms with Crippen molar-refractivity contribution < 1.29 is 23.4 Å². The Balaban J connectivity index is 4.63. The molecule has 0 bridgehead atoms. The second-order valence-corrected chi connectivity index (χ2v) is 7.33. The van der Waals surface area contributed by atoms with Gasteiger partial charge in [-0.2, -0.15) is 0 Å². The molecular formula is C13H25N2O5P. The van der Waals surface area contributed by atoms with Crippen molar-refractivity contribution in [1.29, 1.82) is 0 Å². The molecule has 122 valence electrons. The summed E-state index contributed by atoms with van der Waals surface area (Å²) >= 11 is 0. The highest BCUT2D eigenvalue weighted by molar-refractivity contribution is 7.50.